The van der Waals surface area contributed by atoms with E-state index in [2.05, 4.69) is 20.4 Å². The molecule has 2 N–H and O–H groups in total. The molecule has 1 amide bonds. The maximum atomic E-state index is 13.1. The molecular weight excluding hydrogens is 365 g/mol. The summed E-state index contributed by atoms with van der Waals surface area (Å²) in [6, 6.07) is 12.5. The van der Waals surface area contributed by atoms with Gasteiger partial charge in [0.25, 0.3) is 5.56 Å². The van der Waals surface area contributed by atoms with Crippen molar-refractivity contribution in [1.82, 2.24) is 29.8 Å². The predicted octanol–water partition coefficient (Wildman–Crippen LogP) is 0.723. The van der Waals surface area contributed by atoms with Crippen molar-refractivity contribution in [2.75, 3.05) is 0 Å². The Kier molecular flexibility index (Phi) is 4.36. The number of tetrazole rings is 1. The van der Waals surface area contributed by atoms with Gasteiger partial charge >= 0.3 is 0 Å². The highest BCUT2D eigenvalue weighted by molar-refractivity contribution is 5.78. The molecule has 0 aliphatic heterocycles. The van der Waals surface area contributed by atoms with Crippen LogP contribution in [-0.4, -0.2) is 35.7 Å². The zero-order chi connectivity index (χ0) is 19.7. The average Bonchev–Trinajstić information content (AvgIpc) is 3.14. The van der Waals surface area contributed by atoms with Gasteiger partial charge in [-0.15, -0.1) is 10.2 Å². The summed E-state index contributed by atoms with van der Waals surface area (Å²) in [5, 5.41) is 12.5. The van der Waals surface area contributed by atoms with Gasteiger partial charge in [-0.05, 0) is 41.6 Å². The van der Waals surface area contributed by atoms with Crippen molar-refractivity contribution < 1.29 is 9.18 Å². The Balaban J connectivity index is 1.74. The zero-order valence-electron chi connectivity index (χ0n) is 14.5. The number of para-hydroxylation sites is 1. The molecule has 2 aromatic heterocycles. The van der Waals surface area contributed by atoms with Crippen LogP contribution in [0.3, 0.4) is 0 Å². The molecule has 0 fully saturated rings. The van der Waals surface area contributed by atoms with Crippen molar-refractivity contribution in [2.45, 2.75) is 13.1 Å². The summed E-state index contributed by atoms with van der Waals surface area (Å²) in [6.07, 6.45) is 0. The number of fused-ring (bicyclic) bond motifs is 1. The van der Waals surface area contributed by atoms with E-state index in [1.807, 2.05) is 0 Å². The number of carbonyl (C=O) groups is 1. The molecule has 0 saturated heterocycles. The van der Waals surface area contributed by atoms with Crippen LogP contribution in [0.1, 0.15) is 5.82 Å². The second-order valence-corrected chi connectivity index (χ2v) is 6.05. The molecule has 4 aromatic rings. The van der Waals surface area contributed by atoms with E-state index in [0.29, 0.717) is 22.3 Å². The van der Waals surface area contributed by atoms with Crippen molar-refractivity contribution in [2.24, 2.45) is 5.73 Å². The lowest BCUT2D eigenvalue weighted by atomic mass is 10.2. The van der Waals surface area contributed by atoms with Crippen LogP contribution in [-0.2, 0) is 17.9 Å². The van der Waals surface area contributed by atoms with Crippen LogP contribution in [0.25, 0.3) is 22.3 Å². The Morgan fingerprint density at radius 3 is 2.61 bits per heavy atom. The summed E-state index contributed by atoms with van der Waals surface area (Å²) in [5.74, 6) is -0.471. The molecule has 2 heterocycles. The van der Waals surface area contributed by atoms with E-state index < -0.39 is 5.91 Å². The number of primary amides is 1. The topological polar surface area (TPSA) is 122 Å². The lowest BCUT2D eigenvalue weighted by Gasteiger charge is -2.11. The molecule has 0 aliphatic carbocycles. The van der Waals surface area contributed by atoms with Gasteiger partial charge in [-0.25, -0.2) is 9.37 Å². The molecule has 0 aliphatic rings. The summed E-state index contributed by atoms with van der Waals surface area (Å²) in [7, 11) is 0. The monoisotopic (exact) mass is 379 g/mol. The van der Waals surface area contributed by atoms with Gasteiger partial charge in [0.15, 0.2) is 0 Å². The van der Waals surface area contributed by atoms with Gasteiger partial charge in [0.05, 0.1) is 10.9 Å². The van der Waals surface area contributed by atoms with Gasteiger partial charge in [0.1, 0.15) is 24.7 Å². The van der Waals surface area contributed by atoms with E-state index in [9.17, 15) is 14.0 Å². The van der Waals surface area contributed by atoms with E-state index in [4.69, 9.17) is 5.73 Å². The lowest BCUT2D eigenvalue weighted by molar-refractivity contribution is -0.118. The molecule has 9 nitrogen and oxygen atoms in total. The second kappa shape index (κ2) is 6.99. The third-order valence-corrected chi connectivity index (χ3v) is 4.09. The Morgan fingerprint density at radius 2 is 1.86 bits per heavy atom. The first-order valence-electron chi connectivity index (χ1n) is 8.32. The fraction of sp³-hybridized carbons (Fsp3) is 0.111. The highest BCUT2D eigenvalue weighted by Gasteiger charge is 2.15. The number of amides is 1. The fourth-order valence-electron chi connectivity index (χ4n) is 2.80. The van der Waals surface area contributed by atoms with Crippen LogP contribution in [0, 0.1) is 5.82 Å². The van der Waals surface area contributed by atoms with Gasteiger partial charge in [0, 0.05) is 5.56 Å². The highest BCUT2D eigenvalue weighted by Crippen LogP contribution is 2.14. The molecule has 10 heteroatoms. The van der Waals surface area contributed by atoms with Gasteiger partial charge in [-0.2, -0.15) is 4.80 Å². The molecule has 2 aromatic carbocycles. The fourth-order valence-corrected chi connectivity index (χ4v) is 2.80. The van der Waals surface area contributed by atoms with Crippen LogP contribution in [0.5, 0.6) is 0 Å². The number of nitrogens with two attached hydrogens (primary N) is 1. The molecule has 140 valence electrons. The minimum absolute atomic E-state index is 0.00154. The quantitative estimate of drug-likeness (QED) is 0.545. The Morgan fingerprint density at radius 1 is 1.11 bits per heavy atom. The molecule has 4 rings (SSSR count). The van der Waals surface area contributed by atoms with E-state index >= 15 is 0 Å². The first kappa shape index (κ1) is 17.5. The first-order chi connectivity index (χ1) is 13.5. The number of rotatable bonds is 5. The zero-order valence-corrected chi connectivity index (χ0v) is 14.5. The third-order valence-electron chi connectivity index (χ3n) is 4.09. The predicted molar refractivity (Wildman–Crippen MR) is 97.5 cm³/mol. The maximum absolute atomic E-state index is 13.1. The largest absolute Gasteiger partial charge is 0.368 e. The Hall–Kier alpha value is -3.95. The van der Waals surface area contributed by atoms with Crippen LogP contribution in [0.4, 0.5) is 4.39 Å². The van der Waals surface area contributed by atoms with E-state index in [1.54, 1.807) is 24.3 Å². The van der Waals surface area contributed by atoms with E-state index in [0.717, 1.165) is 0 Å². The summed E-state index contributed by atoms with van der Waals surface area (Å²) < 4.78 is 14.3. The number of hydrogen-bond acceptors (Lipinski definition) is 6. The van der Waals surface area contributed by atoms with Crippen molar-refractivity contribution in [3.05, 3.63) is 70.5 Å². The molecule has 0 saturated carbocycles. The van der Waals surface area contributed by atoms with E-state index in [-0.39, 0.29) is 30.3 Å². The average molecular weight is 379 g/mol. The Labute approximate surface area is 157 Å². The summed E-state index contributed by atoms with van der Waals surface area (Å²) in [4.78, 5) is 29.9. The highest BCUT2D eigenvalue weighted by atomic mass is 19.1. The second-order valence-electron chi connectivity index (χ2n) is 6.05. The SMILES string of the molecule is NC(=O)Cn1c(Cn2nnc(-c3ccc(F)cc3)n2)nc2ccccc2c1=O. The number of benzene rings is 2. The van der Waals surface area contributed by atoms with Crippen LogP contribution in [0.2, 0.25) is 0 Å². The minimum atomic E-state index is -0.668. The number of hydrogen-bond donors (Lipinski definition) is 1. The summed E-state index contributed by atoms with van der Waals surface area (Å²) in [6.45, 7) is -0.312. The van der Waals surface area contributed by atoms with Crippen molar-refractivity contribution in [1.29, 1.82) is 0 Å². The Bertz CT molecular complexity index is 1230. The summed E-state index contributed by atoms with van der Waals surface area (Å²) >= 11 is 0. The van der Waals surface area contributed by atoms with Crippen molar-refractivity contribution in [3.63, 3.8) is 0 Å². The van der Waals surface area contributed by atoms with Crippen molar-refractivity contribution in [3.8, 4) is 11.4 Å². The summed E-state index contributed by atoms with van der Waals surface area (Å²) in [5.41, 5.74) is 5.99. The molecule has 0 spiro atoms. The maximum Gasteiger partial charge on any atom is 0.261 e. The van der Waals surface area contributed by atoms with Gasteiger partial charge in [-0.3, -0.25) is 14.2 Å². The molecule has 28 heavy (non-hydrogen) atoms. The van der Waals surface area contributed by atoms with Gasteiger partial charge in [0.2, 0.25) is 11.7 Å². The van der Waals surface area contributed by atoms with E-state index in [1.165, 1.54) is 33.6 Å². The molecule has 0 atom stereocenters. The lowest BCUT2D eigenvalue weighted by Crippen LogP contribution is -2.32. The smallest absolute Gasteiger partial charge is 0.261 e. The number of carbonyl (C=O) groups excluding carboxylic acids is 1. The van der Waals surface area contributed by atoms with Crippen LogP contribution >= 0.6 is 0 Å². The number of halogens is 1. The number of nitrogens with zero attached hydrogens (tertiary/aromatic N) is 6. The van der Waals surface area contributed by atoms with Gasteiger partial charge in [-0.1, -0.05) is 12.1 Å². The van der Waals surface area contributed by atoms with Gasteiger partial charge < -0.3 is 5.73 Å². The molecule has 0 bridgehead atoms. The van der Waals surface area contributed by atoms with Crippen LogP contribution < -0.4 is 11.3 Å². The molecule has 0 unspecified atom stereocenters. The molecular formula is C18H14FN7O2. The van der Waals surface area contributed by atoms with Crippen molar-refractivity contribution >= 4 is 16.8 Å². The third kappa shape index (κ3) is 3.34. The standard InChI is InChI=1S/C18H14FN7O2/c19-12-7-5-11(6-8-12)17-22-24-26(23-17)10-16-21-14-4-2-1-3-13(14)18(28)25(16)9-15(20)27/h1-8H,9-10H2,(H2,20,27). The normalized spacial score (nSPS) is 11.0. The molecule has 0 radical (unpaired) electrons. The minimum Gasteiger partial charge on any atom is -0.368 e. The number of aromatic nitrogens is 6. The van der Waals surface area contributed by atoms with Crippen LogP contribution in [0.15, 0.2) is 53.3 Å². The first-order valence-corrected chi connectivity index (χ1v) is 8.32.